The average molecular weight is 396 g/mol. The van der Waals surface area contributed by atoms with Gasteiger partial charge in [-0.15, -0.1) is 11.3 Å². The molecule has 1 unspecified atom stereocenters. The van der Waals surface area contributed by atoms with Crippen molar-refractivity contribution >= 4 is 43.2 Å². The molecule has 0 bridgehead atoms. The maximum absolute atomic E-state index is 5.97. The van der Waals surface area contributed by atoms with Crippen molar-refractivity contribution in [2.24, 2.45) is 11.7 Å². The first-order chi connectivity index (χ1) is 8.61. The lowest BCUT2D eigenvalue weighted by molar-refractivity contribution is 0.215. The Morgan fingerprint density at radius 2 is 2.11 bits per heavy atom. The topological polar surface area (TPSA) is 29.3 Å². The van der Waals surface area contributed by atoms with Crippen molar-refractivity contribution in [2.75, 3.05) is 20.1 Å². The first-order valence-corrected chi connectivity index (χ1v) is 8.87. The molecule has 5 heteroatoms. The molecule has 1 saturated carbocycles. The molecule has 1 fully saturated rings. The van der Waals surface area contributed by atoms with E-state index in [9.17, 15) is 0 Å². The number of likely N-dealkylation sites (N-methyl/N-ethyl adjacent to an activating group) is 1. The maximum Gasteiger partial charge on any atom is 0.0843 e. The Labute approximate surface area is 130 Å². The van der Waals surface area contributed by atoms with Crippen LogP contribution in [0.4, 0.5) is 0 Å². The van der Waals surface area contributed by atoms with Crippen molar-refractivity contribution in [2.45, 2.75) is 31.7 Å². The van der Waals surface area contributed by atoms with Gasteiger partial charge in [-0.05, 0) is 63.7 Å². The van der Waals surface area contributed by atoms with Gasteiger partial charge in [0, 0.05) is 22.4 Å². The van der Waals surface area contributed by atoms with Gasteiger partial charge >= 0.3 is 0 Å². The van der Waals surface area contributed by atoms with Gasteiger partial charge in [-0.1, -0.05) is 12.8 Å². The van der Waals surface area contributed by atoms with E-state index >= 15 is 0 Å². The smallest absolute Gasteiger partial charge is 0.0843 e. The van der Waals surface area contributed by atoms with E-state index in [2.05, 4.69) is 49.9 Å². The van der Waals surface area contributed by atoms with E-state index in [-0.39, 0.29) is 0 Å². The summed E-state index contributed by atoms with van der Waals surface area (Å²) in [6, 6.07) is 2.54. The fourth-order valence-electron chi connectivity index (χ4n) is 2.77. The number of nitrogens with two attached hydrogens (primary N) is 1. The standard InChI is InChI=1S/C13H20Br2N2S/c1-17(8-9-4-2-3-5-9)11(7-16)12-6-10(14)13(15)18-12/h6,9,11H,2-5,7-8,16H2,1H3. The van der Waals surface area contributed by atoms with Crippen LogP contribution in [0.5, 0.6) is 0 Å². The van der Waals surface area contributed by atoms with Gasteiger partial charge in [-0.2, -0.15) is 0 Å². The van der Waals surface area contributed by atoms with Crippen molar-refractivity contribution in [3.8, 4) is 0 Å². The lowest BCUT2D eigenvalue weighted by Crippen LogP contribution is -2.33. The Hall–Kier alpha value is 0.580. The van der Waals surface area contributed by atoms with Crippen LogP contribution in [-0.2, 0) is 0 Å². The van der Waals surface area contributed by atoms with Gasteiger partial charge < -0.3 is 5.73 Å². The molecule has 2 N–H and O–H groups in total. The number of rotatable bonds is 5. The van der Waals surface area contributed by atoms with Gasteiger partial charge in [0.1, 0.15) is 0 Å². The van der Waals surface area contributed by atoms with Crippen LogP contribution in [0.15, 0.2) is 14.3 Å². The fraction of sp³-hybridized carbons (Fsp3) is 0.692. The van der Waals surface area contributed by atoms with Crippen LogP contribution < -0.4 is 5.73 Å². The van der Waals surface area contributed by atoms with E-state index in [1.54, 1.807) is 11.3 Å². The molecular formula is C13H20Br2N2S. The molecule has 1 atom stereocenters. The minimum absolute atomic E-state index is 0.346. The maximum atomic E-state index is 5.97. The molecule has 2 rings (SSSR count). The largest absolute Gasteiger partial charge is 0.329 e. The van der Waals surface area contributed by atoms with Crippen LogP contribution in [0.3, 0.4) is 0 Å². The summed E-state index contributed by atoms with van der Waals surface area (Å²) in [6.07, 6.45) is 5.59. The van der Waals surface area contributed by atoms with Crippen molar-refractivity contribution in [1.29, 1.82) is 0 Å². The molecule has 1 aliphatic rings. The van der Waals surface area contributed by atoms with Gasteiger partial charge in [0.15, 0.2) is 0 Å². The van der Waals surface area contributed by atoms with E-state index < -0.39 is 0 Å². The number of halogens is 2. The van der Waals surface area contributed by atoms with Crippen LogP contribution in [0.25, 0.3) is 0 Å². The summed E-state index contributed by atoms with van der Waals surface area (Å²) in [5.74, 6) is 0.871. The zero-order valence-electron chi connectivity index (χ0n) is 10.7. The predicted molar refractivity (Wildman–Crippen MR) is 86.1 cm³/mol. The SMILES string of the molecule is CN(CC1CCCC1)C(CN)c1cc(Br)c(Br)s1. The van der Waals surface area contributed by atoms with Crippen molar-refractivity contribution < 1.29 is 0 Å². The summed E-state index contributed by atoms with van der Waals surface area (Å²) in [5.41, 5.74) is 5.97. The second kappa shape index (κ2) is 6.84. The Morgan fingerprint density at radius 3 is 2.61 bits per heavy atom. The minimum Gasteiger partial charge on any atom is -0.329 e. The highest BCUT2D eigenvalue weighted by Gasteiger charge is 2.23. The summed E-state index contributed by atoms with van der Waals surface area (Å²) in [7, 11) is 2.21. The molecule has 2 nitrogen and oxygen atoms in total. The predicted octanol–water partition coefficient (Wildman–Crippen LogP) is 4.39. The quantitative estimate of drug-likeness (QED) is 0.800. The van der Waals surface area contributed by atoms with Gasteiger partial charge in [-0.3, -0.25) is 4.90 Å². The second-order valence-electron chi connectivity index (χ2n) is 5.11. The zero-order valence-corrected chi connectivity index (χ0v) is 14.7. The molecule has 1 heterocycles. The van der Waals surface area contributed by atoms with Gasteiger partial charge in [0.2, 0.25) is 0 Å². The molecule has 0 aromatic carbocycles. The summed E-state index contributed by atoms with van der Waals surface area (Å²) in [5, 5.41) is 0. The molecule has 1 aromatic rings. The summed E-state index contributed by atoms with van der Waals surface area (Å²) < 4.78 is 2.29. The van der Waals surface area contributed by atoms with Crippen LogP contribution in [0.2, 0.25) is 0 Å². The van der Waals surface area contributed by atoms with E-state index in [1.807, 2.05) is 0 Å². The lowest BCUT2D eigenvalue weighted by Gasteiger charge is -2.28. The third kappa shape index (κ3) is 3.57. The first kappa shape index (κ1) is 15.0. The highest BCUT2D eigenvalue weighted by Crippen LogP contribution is 2.37. The second-order valence-corrected chi connectivity index (χ2v) is 8.37. The summed E-state index contributed by atoms with van der Waals surface area (Å²) in [6.45, 7) is 1.86. The zero-order chi connectivity index (χ0) is 13.1. The van der Waals surface area contributed by atoms with Crippen molar-refractivity contribution in [3.05, 3.63) is 19.2 Å². The number of hydrogen-bond donors (Lipinski definition) is 1. The van der Waals surface area contributed by atoms with Gasteiger partial charge in [0.05, 0.1) is 9.83 Å². The van der Waals surface area contributed by atoms with Crippen molar-refractivity contribution in [1.82, 2.24) is 4.90 Å². The number of thiophene rings is 1. The third-order valence-electron chi connectivity index (χ3n) is 3.77. The lowest BCUT2D eigenvalue weighted by atomic mass is 10.1. The monoisotopic (exact) mass is 394 g/mol. The molecule has 102 valence electrons. The molecular weight excluding hydrogens is 376 g/mol. The van der Waals surface area contributed by atoms with Gasteiger partial charge in [-0.25, -0.2) is 0 Å². The highest BCUT2D eigenvalue weighted by atomic mass is 79.9. The molecule has 0 aliphatic heterocycles. The van der Waals surface area contributed by atoms with Gasteiger partial charge in [0.25, 0.3) is 0 Å². The van der Waals surface area contributed by atoms with E-state index in [0.29, 0.717) is 12.6 Å². The summed E-state index contributed by atoms with van der Waals surface area (Å²) >= 11 is 8.90. The Bertz CT molecular complexity index is 369. The van der Waals surface area contributed by atoms with Crippen LogP contribution in [0.1, 0.15) is 36.6 Å². The summed E-state index contributed by atoms with van der Waals surface area (Å²) in [4.78, 5) is 3.78. The average Bonchev–Trinajstić information content (AvgIpc) is 2.92. The highest BCUT2D eigenvalue weighted by molar-refractivity contribution is 9.13. The fourth-order valence-corrected chi connectivity index (χ4v) is 5.04. The number of hydrogen-bond acceptors (Lipinski definition) is 3. The van der Waals surface area contributed by atoms with E-state index in [1.165, 1.54) is 37.1 Å². The minimum atomic E-state index is 0.346. The molecule has 0 amide bonds. The Kier molecular flexibility index (Phi) is 5.69. The molecule has 18 heavy (non-hydrogen) atoms. The van der Waals surface area contributed by atoms with E-state index in [0.717, 1.165) is 14.2 Å². The number of nitrogens with zero attached hydrogens (tertiary/aromatic N) is 1. The Morgan fingerprint density at radius 1 is 1.44 bits per heavy atom. The van der Waals surface area contributed by atoms with Crippen LogP contribution >= 0.6 is 43.2 Å². The molecule has 0 saturated heterocycles. The van der Waals surface area contributed by atoms with Crippen molar-refractivity contribution in [3.63, 3.8) is 0 Å². The van der Waals surface area contributed by atoms with Crippen LogP contribution in [-0.4, -0.2) is 25.0 Å². The molecule has 1 aromatic heterocycles. The normalized spacial score (nSPS) is 18.7. The first-order valence-electron chi connectivity index (χ1n) is 6.47. The van der Waals surface area contributed by atoms with E-state index in [4.69, 9.17) is 5.73 Å². The molecule has 1 aliphatic carbocycles. The molecule has 0 radical (unpaired) electrons. The molecule has 0 spiro atoms. The third-order valence-corrected chi connectivity index (χ3v) is 7.13. The Balaban J connectivity index is 2.02. The van der Waals surface area contributed by atoms with Crippen LogP contribution in [0, 0.1) is 5.92 Å².